The first kappa shape index (κ1) is 56.2. The molecule has 9 nitrogen and oxygen atoms in total. The van der Waals surface area contributed by atoms with Crippen LogP contribution in [0, 0.1) is 0 Å². The SMILES string of the molecule is CC/C=C/C/C=C/C/C=C/C/C=C/C/C=C/CCCCCCCCC(=O)OCC(COP(=O)([O-])OCC[N+](C)(C)C)OC(=O)CC/C=C/C/C=C/CCCCCCCC. The van der Waals surface area contributed by atoms with Crippen molar-refractivity contribution >= 4 is 19.8 Å². The minimum absolute atomic E-state index is 0.0470. The largest absolute Gasteiger partial charge is 0.756 e. The first-order chi connectivity index (χ1) is 28.5. The number of ether oxygens (including phenoxy) is 2. The Morgan fingerprint density at radius 1 is 0.542 bits per heavy atom. The molecule has 0 bridgehead atoms. The van der Waals surface area contributed by atoms with Crippen molar-refractivity contribution in [2.24, 2.45) is 0 Å². The molecule has 0 saturated carbocycles. The van der Waals surface area contributed by atoms with Crippen LogP contribution in [0.3, 0.4) is 0 Å². The van der Waals surface area contributed by atoms with Gasteiger partial charge in [0.15, 0.2) is 6.10 Å². The van der Waals surface area contributed by atoms with Crippen LogP contribution in [0.4, 0.5) is 0 Å². The van der Waals surface area contributed by atoms with E-state index in [-0.39, 0.29) is 26.1 Å². The van der Waals surface area contributed by atoms with Crippen LogP contribution in [-0.2, 0) is 32.7 Å². The molecule has 0 N–H and O–H groups in total. The summed E-state index contributed by atoms with van der Waals surface area (Å²) in [6, 6.07) is 0. The normalized spacial score (nSPS) is 14.3. The van der Waals surface area contributed by atoms with Crippen LogP contribution < -0.4 is 4.89 Å². The van der Waals surface area contributed by atoms with E-state index in [0.717, 1.165) is 83.5 Å². The van der Waals surface area contributed by atoms with Crippen molar-refractivity contribution in [1.29, 1.82) is 0 Å². The van der Waals surface area contributed by atoms with Crippen molar-refractivity contribution in [3.05, 3.63) is 85.1 Å². The van der Waals surface area contributed by atoms with Crippen molar-refractivity contribution in [3.63, 3.8) is 0 Å². The molecule has 0 radical (unpaired) electrons. The third kappa shape index (κ3) is 44.6. The quantitative estimate of drug-likeness (QED) is 0.0197. The van der Waals surface area contributed by atoms with Crippen LogP contribution in [0.2, 0.25) is 0 Å². The molecular formula is C49H84NO8P. The average molecular weight is 846 g/mol. The number of esters is 2. The summed E-state index contributed by atoms with van der Waals surface area (Å²) < 4.78 is 33.8. The molecule has 2 unspecified atom stereocenters. The summed E-state index contributed by atoms with van der Waals surface area (Å²) in [5.41, 5.74) is 0. The van der Waals surface area contributed by atoms with E-state index < -0.39 is 32.5 Å². The molecule has 0 heterocycles. The lowest BCUT2D eigenvalue weighted by atomic mass is 10.1. The maximum atomic E-state index is 12.6. The Bertz CT molecular complexity index is 1280. The smallest absolute Gasteiger partial charge is 0.306 e. The van der Waals surface area contributed by atoms with Gasteiger partial charge in [-0.2, -0.15) is 0 Å². The van der Waals surface area contributed by atoms with Crippen LogP contribution in [0.15, 0.2) is 85.1 Å². The number of quaternary nitrogens is 1. The third-order valence-electron chi connectivity index (χ3n) is 9.16. The first-order valence-electron chi connectivity index (χ1n) is 22.8. The van der Waals surface area contributed by atoms with Gasteiger partial charge in [-0.3, -0.25) is 14.2 Å². The highest BCUT2D eigenvalue weighted by atomic mass is 31.2. The number of nitrogens with zero attached hydrogens (tertiary/aromatic N) is 1. The first-order valence-corrected chi connectivity index (χ1v) is 24.3. The summed E-state index contributed by atoms with van der Waals surface area (Å²) in [7, 11) is 1.11. The molecule has 10 heteroatoms. The summed E-state index contributed by atoms with van der Waals surface area (Å²) in [6.45, 7) is 4.00. The summed E-state index contributed by atoms with van der Waals surface area (Å²) in [5, 5.41) is 0. The molecule has 0 aromatic carbocycles. The molecule has 0 saturated heterocycles. The zero-order chi connectivity index (χ0) is 43.6. The Labute approximate surface area is 361 Å². The molecule has 0 aromatic rings. The highest BCUT2D eigenvalue weighted by molar-refractivity contribution is 7.45. The van der Waals surface area contributed by atoms with Crippen molar-refractivity contribution in [2.45, 2.75) is 168 Å². The Kier molecular flexibility index (Phi) is 38.7. The van der Waals surface area contributed by atoms with Crippen LogP contribution in [0.25, 0.3) is 0 Å². The molecule has 0 aliphatic rings. The lowest BCUT2D eigenvalue weighted by molar-refractivity contribution is -0.870. The number of rotatable bonds is 40. The lowest BCUT2D eigenvalue weighted by Crippen LogP contribution is -2.37. The topological polar surface area (TPSA) is 111 Å². The number of phosphoric acid groups is 1. The molecule has 0 fully saturated rings. The molecule has 338 valence electrons. The minimum atomic E-state index is -4.65. The zero-order valence-electron chi connectivity index (χ0n) is 37.9. The Hall–Kier alpha value is -2.81. The third-order valence-corrected chi connectivity index (χ3v) is 10.1. The number of likely N-dealkylation sites (N-methyl/N-ethyl adjacent to an activating group) is 1. The van der Waals surface area contributed by atoms with Gasteiger partial charge in [0.1, 0.15) is 19.8 Å². The fourth-order valence-corrected chi connectivity index (χ4v) is 6.34. The second kappa shape index (κ2) is 40.6. The minimum Gasteiger partial charge on any atom is -0.756 e. The van der Waals surface area contributed by atoms with Gasteiger partial charge in [0.2, 0.25) is 0 Å². The number of allylic oxidation sites excluding steroid dienone is 14. The van der Waals surface area contributed by atoms with Crippen molar-refractivity contribution in [1.82, 2.24) is 0 Å². The monoisotopic (exact) mass is 846 g/mol. The Balaban J connectivity index is 4.39. The van der Waals surface area contributed by atoms with E-state index in [1.165, 1.54) is 38.5 Å². The lowest BCUT2D eigenvalue weighted by Gasteiger charge is -2.28. The van der Waals surface area contributed by atoms with Gasteiger partial charge in [0.05, 0.1) is 27.7 Å². The molecule has 0 aliphatic heterocycles. The summed E-state index contributed by atoms with van der Waals surface area (Å²) in [5.74, 6) is -0.938. The summed E-state index contributed by atoms with van der Waals surface area (Å²) in [6.07, 6.45) is 52.0. The highest BCUT2D eigenvalue weighted by Crippen LogP contribution is 2.38. The van der Waals surface area contributed by atoms with Crippen molar-refractivity contribution in [3.8, 4) is 0 Å². The van der Waals surface area contributed by atoms with Crippen molar-refractivity contribution in [2.75, 3.05) is 47.5 Å². The molecule has 2 atom stereocenters. The average Bonchev–Trinajstić information content (AvgIpc) is 3.19. The maximum absolute atomic E-state index is 12.6. The van der Waals surface area contributed by atoms with Gasteiger partial charge >= 0.3 is 11.9 Å². The summed E-state index contributed by atoms with van der Waals surface area (Å²) >= 11 is 0. The van der Waals surface area contributed by atoms with E-state index in [0.29, 0.717) is 23.9 Å². The van der Waals surface area contributed by atoms with E-state index in [1.54, 1.807) is 0 Å². The number of carbonyl (C=O) groups is 2. The van der Waals surface area contributed by atoms with Gasteiger partial charge in [0.25, 0.3) is 7.82 Å². The van der Waals surface area contributed by atoms with E-state index >= 15 is 0 Å². The number of hydrogen-bond acceptors (Lipinski definition) is 8. The van der Waals surface area contributed by atoms with Gasteiger partial charge in [-0.25, -0.2) is 0 Å². The standard InChI is InChI=1S/C49H84NO8P/c1-6-8-10-12-14-16-18-20-21-22-23-24-25-26-27-28-30-31-33-35-37-39-41-48(51)55-45-47(46-57-59(53,54)56-44-43-50(3,4)5)58-49(52)42-40-38-36-34-32-29-19-17-15-13-11-9-7-2/h8,10,14,16,20-21,23-24,26-27,29,32,36,38,47H,6-7,9,11-13,15,17-19,22,25,28,30-31,33-35,37,39-46H2,1-5H3/b10-8+,16-14+,21-20+,24-23+,27-26+,32-29+,38-36+. The van der Waals surface area contributed by atoms with E-state index in [2.05, 4.69) is 86.8 Å². The molecule has 0 spiro atoms. The van der Waals surface area contributed by atoms with Crippen LogP contribution in [0.1, 0.15) is 162 Å². The fraction of sp³-hybridized carbons (Fsp3) is 0.673. The number of carbonyl (C=O) groups excluding carboxylic acids is 2. The van der Waals surface area contributed by atoms with Crippen molar-refractivity contribution < 1.29 is 42.1 Å². The van der Waals surface area contributed by atoms with Gasteiger partial charge in [-0.15, -0.1) is 0 Å². The molecule has 0 aromatic heterocycles. The zero-order valence-corrected chi connectivity index (χ0v) is 38.8. The van der Waals surface area contributed by atoms with Gasteiger partial charge in [-0.05, 0) is 77.0 Å². The Morgan fingerprint density at radius 2 is 1.00 bits per heavy atom. The van der Waals surface area contributed by atoms with Gasteiger partial charge < -0.3 is 27.9 Å². The highest BCUT2D eigenvalue weighted by Gasteiger charge is 2.21. The van der Waals surface area contributed by atoms with E-state index in [4.69, 9.17) is 18.5 Å². The van der Waals surface area contributed by atoms with Gasteiger partial charge in [0, 0.05) is 12.8 Å². The molecule has 0 amide bonds. The molecule has 0 rings (SSSR count). The van der Waals surface area contributed by atoms with E-state index in [9.17, 15) is 19.0 Å². The predicted molar refractivity (Wildman–Crippen MR) is 245 cm³/mol. The number of unbranched alkanes of at least 4 members (excludes halogenated alkanes) is 12. The Morgan fingerprint density at radius 3 is 1.51 bits per heavy atom. The van der Waals surface area contributed by atoms with Crippen LogP contribution in [-0.4, -0.2) is 70.0 Å². The number of phosphoric ester groups is 1. The van der Waals surface area contributed by atoms with Crippen LogP contribution >= 0.6 is 7.82 Å². The van der Waals surface area contributed by atoms with E-state index in [1.807, 2.05) is 33.3 Å². The summed E-state index contributed by atoms with van der Waals surface area (Å²) in [4.78, 5) is 37.5. The molecular weight excluding hydrogens is 762 g/mol. The number of hydrogen-bond donors (Lipinski definition) is 0. The second-order valence-corrected chi connectivity index (χ2v) is 17.4. The van der Waals surface area contributed by atoms with Crippen LogP contribution in [0.5, 0.6) is 0 Å². The fourth-order valence-electron chi connectivity index (χ4n) is 5.61. The second-order valence-electron chi connectivity index (χ2n) is 16.0. The molecule has 0 aliphatic carbocycles. The molecule has 59 heavy (non-hydrogen) atoms. The van der Waals surface area contributed by atoms with Gasteiger partial charge in [-0.1, -0.05) is 157 Å². The maximum Gasteiger partial charge on any atom is 0.306 e. The predicted octanol–water partition coefficient (Wildman–Crippen LogP) is 12.6.